The number of hydrogen-bond donors (Lipinski definition) is 0. The number of hydrogen-bond acceptors (Lipinski definition) is 4. The molecule has 0 saturated heterocycles. The summed E-state index contributed by atoms with van der Waals surface area (Å²) in [5, 5.41) is 0. The van der Waals surface area contributed by atoms with Gasteiger partial charge in [0.05, 0.1) is 0 Å². The van der Waals surface area contributed by atoms with Crippen LogP contribution in [-0.2, 0) is 4.79 Å². The van der Waals surface area contributed by atoms with Gasteiger partial charge in [0.1, 0.15) is 17.2 Å². The molecule has 0 heterocycles. The predicted octanol–water partition coefficient (Wildman–Crippen LogP) is 9.41. The zero-order valence-electron chi connectivity index (χ0n) is 22.0. The van der Waals surface area contributed by atoms with Gasteiger partial charge in [0.25, 0.3) is 0 Å². The lowest BCUT2D eigenvalue weighted by Crippen LogP contribution is -2.09. The van der Waals surface area contributed by atoms with E-state index in [1.165, 1.54) is 16.7 Å². The lowest BCUT2D eigenvalue weighted by Gasteiger charge is -2.26. The molecule has 5 aromatic rings. The van der Waals surface area contributed by atoms with Crippen molar-refractivity contribution in [2.24, 2.45) is 0 Å². The zero-order chi connectivity index (χ0) is 27.2. The molecule has 0 bridgehead atoms. The summed E-state index contributed by atoms with van der Waals surface area (Å²) in [4.78, 5) is 13.9. The number of carbonyl (C=O) groups is 1. The second-order valence-electron chi connectivity index (χ2n) is 9.32. The Morgan fingerprint density at radius 3 is 1.56 bits per heavy atom. The van der Waals surface area contributed by atoms with Gasteiger partial charge in [-0.05, 0) is 97.8 Å². The van der Waals surface area contributed by atoms with E-state index in [0.717, 1.165) is 17.1 Å². The quantitative estimate of drug-likeness (QED) is 0.118. The number of nitrogens with zero attached hydrogens (tertiary/aromatic N) is 1. The summed E-state index contributed by atoms with van der Waals surface area (Å²) in [6.07, 6.45) is 0. The van der Waals surface area contributed by atoms with Crippen molar-refractivity contribution in [3.05, 3.63) is 145 Å². The van der Waals surface area contributed by atoms with Crippen molar-refractivity contribution in [2.75, 3.05) is 4.90 Å². The average Bonchev–Trinajstić information content (AvgIpc) is 2.97. The minimum absolute atomic E-state index is 0.349. The standard InChI is InChI=1S/C35H29NO3/c1-25(2)35(37)39-34-23-21-33(22-24-34)38-32-19-17-31(18-20-32)36(29-13-9-26(3)10-14-29)30-15-11-28(12-16-30)27-7-5-4-6-8-27/h4-24H,1H2,2-3H3. The molecule has 192 valence electrons. The van der Waals surface area contributed by atoms with E-state index in [9.17, 15) is 4.79 Å². The Kier molecular flexibility index (Phi) is 7.56. The highest BCUT2D eigenvalue weighted by Crippen LogP contribution is 2.37. The third-order valence-corrected chi connectivity index (χ3v) is 6.24. The van der Waals surface area contributed by atoms with Crippen LogP contribution in [0.15, 0.2) is 140 Å². The molecule has 39 heavy (non-hydrogen) atoms. The maximum absolute atomic E-state index is 11.7. The first-order valence-corrected chi connectivity index (χ1v) is 12.7. The van der Waals surface area contributed by atoms with Gasteiger partial charge in [0.2, 0.25) is 0 Å². The Morgan fingerprint density at radius 2 is 1.03 bits per heavy atom. The van der Waals surface area contributed by atoms with Crippen LogP contribution in [0.1, 0.15) is 12.5 Å². The monoisotopic (exact) mass is 511 g/mol. The molecule has 0 amide bonds. The number of ether oxygens (including phenoxy) is 2. The number of esters is 1. The fraction of sp³-hybridized carbons (Fsp3) is 0.0571. The normalized spacial score (nSPS) is 10.5. The van der Waals surface area contributed by atoms with Crippen LogP contribution in [0.5, 0.6) is 17.2 Å². The molecule has 0 aliphatic heterocycles. The van der Waals surface area contributed by atoms with E-state index in [4.69, 9.17) is 9.47 Å². The minimum atomic E-state index is -0.452. The topological polar surface area (TPSA) is 38.8 Å². The molecular formula is C35H29NO3. The van der Waals surface area contributed by atoms with Gasteiger partial charge < -0.3 is 14.4 Å². The van der Waals surface area contributed by atoms with Crippen LogP contribution < -0.4 is 14.4 Å². The smallest absolute Gasteiger partial charge is 0.338 e. The summed E-state index contributed by atoms with van der Waals surface area (Å²) in [6.45, 7) is 7.30. The predicted molar refractivity (Wildman–Crippen MR) is 158 cm³/mol. The first-order valence-electron chi connectivity index (χ1n) is 12.7. The number of carbonyl (C=O) groups excluding carboxylic acids is 1. The molecule has 0 spiro atoms. The molecule has 0 aliphatic carbocycles. The first kappa shape index (κ1) is 25.6. The van der Waals surface area contributed by atoms with Crippen molar-refractivity contribution < 1.29 is 14.3 Å². The van der Waals surface area contributed by atoms with Crippen LogP contribution in [0.3, 0.4) is 0 Å². The summed E-state index contributed by atoms with van der Waals surface area (Å²) >= 11 is 0. The minimum Gasteiger partial charge on any atom is -0.457 e. The van der Waals surface area contributed by atoms with E-state index in [1.807, 2.05) is 30.3 Å². The number of aryl methyl sites for hydroxylation is 1. The zero-order valence-corrected chi connectivity index (χ0v) is 22.0. The van der Waals surface area contributed by atoms with Gasteiger partial charge >= 0.3 is 5.97 Å². The van der Waals surface area contributed by atoms with E-state index in [0.29, 0.717) is 22.8 Å². The van der Waals surface area contributed by atoms with Crippen molar-refractivity contribution >= 4 is 23.0 Å². The van der Waals surface area contributed by atoms with Crippen molar-refractivity contribution in [1.82, 2.24) is 0 Å². The first-order chi connectivity index (χ1) is 19.0. The Morgan fingerprint density at radius 1 is 0.590 bits per heavy atom. The third kappa shape index (κ3) is 6.25. The Hall–Kier alpha value is -5.09. The van der Waals surface area contributed by atoms with Crippen LogP contribution in [0, 0.1) is 6.92 Å². The molecule has 0 aliphatic rings. The van der Waals surface area contributed by atoms with E-state index in [1.54, 1.807) is 31.2 Å². The molecule has 4 nitrogen and oxygen atoms in total. The maximum Gasteiger partial charge on any atom is 0.338 e. The molecule has 0 radical (unpaired) electrons. The Labute approximate surface area is 229 Å². The summed E-state index contributed by atoms with van der Waals surface area (Å²) in [6, 6.07) is 42.4. The molecule has 0 aromatic heterocycles. The SMILES string of the molecule is C=C(C)C(=O)Oc1ccc(Oc2ccc(N(c3ccc(C)cc3)c3ccc(-c4ccccc4)cc3)cc2)cc1. The number of anilines is 3. The average molecular weight is 512 g/mol. The summed E-state index contributed by atoms with van der Waals surface area (Å²) in [5.74, 6) is 1.34. The summed E-state index contributed by atoms with van der Waals surface area (Å²) in [5.41, 5.74) is 7.07. The molecule has 0 atom stereocenters. The molecule has 0 saturated carbocycles. The largest absolute Gasteiger partial charge is 0.457 e. The van der Waals surface area contributed by atoms with Crippen LogP contribution in [-0.4, -0.2) is 5.97 Å². The molecule has 0 fully saturated rings. The highest BCUT2D eigenvalue weighted by molar-refractivity contribution is 5.88. The van der Waals surface area contributed by atoms with Gasteiger partial charge in [-0.15, -0.1) is 0 Å². The van der Waals surface area contributed by atoms with Crippen LogP contribution in [0.4, 0.5) is 17.1 Å². The second kappa shape index (κ2) is 11.5. The lowest BCUT2D eigenvalue weighted by molar-refractivity contribution is -0.130. The lowest BCUT2D eigenvalue weighted by atomic mass is 10.0. The fourth-order valence-corrected chi connectivity index (χ4v) is 4.14. The Balaban J connectivity index is 1.38. The summed E-state index contributed by atoms with van der Waals surface area (Å²) in [7, 11) is 0. The van der Waals surface area contributed by atoms with Crippen molar-refractivity contribution in [1.29, 1.82) is 0 Å². The molecule has 5 aromatic carbocycles. The third-order valence-electron chi connectivity index (χ3n) is 6.24. The van der Waals surface area contributed by atoms with E-state index in [2.05, 4.69) is 91.2 Å². The second-order valence-corrected chi connectivity index (χ2v) is 9.32. The number of rotatable bonds is 8. The highest BCUT2D eigenvalue weighted by Gasteiger charge is 2.13. The van der Waals surface area contributed by atoms with Gasteiger partial charge in [-0.25, -0.2) is 4.79 Å². The van der Waals surface area contributed by atoms with E-state index >= 15 is 0 Å². The fourth-order valence-electron chi connectivity index (χ4n) is 4.14. The van der Waals surface area contributed by atoms with Gasteiger partial charge in [-0.3, -0.25) is 0 Å². The van der Waals surface area contributed by atoms with Gasteiger partial charge in [0, 0.05) is 22.6 Å². The number of benzene rings is 5. The molecule has 0 N–H and O–H groups in total. The summed E-state index contributed by atoms with van der Waals surface area (Å²) < 4.78 is 11.3. The van der Waals surface area contributed by atoms with Crippen LogP contribution >= 0.6 is 0 Å². The van der Waals surface area contributed by atoms with Crippen molar-refractivity contribution in [3.8, 4) is 28.4 Å². The highest BCUT2D eigenvalue weighted by atomic mass is 16.5. The van der Waals surface area contributed by atoms with Crippen LogP contribution in [0.25, 0.3) is 11.1 Å². The van der Waals surface area contributed by atoms with E-state index in [-0.39, 0.29) is 0 Å². The van der Waals surface area contributed by atoms with Gasteiger partial charge in [-0.2, -0.15) is 0 Å². The molecular weight excluding hydrogens is 482 g/mol. The van der Waals surface area contributed by atoms with Gasteiger partial charge in [-0.1, -0.05) is 66.7 Å². The van der Waals surface area contributed by atoms with Crippen molar-refractivity contribution in [2.45, 2.75) is 13.8 Å². The maximum atomic E-state index is 11.7. The van der Waals surface area contributed by atoms with Gasteiger partial charge in [0.15, 0.2) is 0 Å². The van der Waals surface area contributed by atoms with E-state index < -0.39 is 5.97 Å². The molecule has 0 unspecified atom stereocenters. The Bertz CT molecular complexity index is 1560. The molecule has 5 rings (SSSR count). The van der Waals surface area contributed by atoms with Crippen molar-refractivity contribution in [3.63, 3.8) is 0 Å². The van der Waals surface area contributed by atoms with Crippen LogP contribution in [0.2, 0.25) is 0 Å². The molecule has 4 heteroatoms.